The summed E-state index contributed by atoms with van der Waals surface area (Å²) in [5.74, 6) is -2.50. The molecule has 1 N–H and O–H groups in total. The Bertz CT molecular complexity index is 1410. The molecule has 1 aliphatic rings. The van der Waals surface area contributed by atoms with Gasteiger partial charge in [0.1, 0.15) is 5.78 Å². The number of methoxy groups -OCH3 is 2. The van der Waals surface area contributed by atoms with Gasteiger partial charge in [-0.25, -0.2) is 4.79 Å². The third kappa shape index (κ3) is 12.6. The summed E-state index contributed by atoms with van der Waals surface area (Å²) in [6, 6.07) is 7.76. The summed E-state index contributed by atoms with van der Waals surface area (Å²) in [5, 5.41) is 10.9. The number of rotatable bonds is 23. The van der Waals surface area contributed by atoms with Crippen LogP contribution < -0.4 is 0 Å². The Hall–Kier alpha value is -3.35. The Labute approximate surface area is 337 Å². The maximum absolute atomic E-state index is 14.4. The van der Waals surface area contributed by atoms with Crippen LogP contribution in [-0.2, 0) is 33.4 Å². The Morgan fingerprint density at radius 3 is 1.96 bits per heavy atom. The number of Topliss-reactive ketones (excluding diaryl/α,β-unsaturated/α-hetero) is 2. The number of likely N-dealkylation sites (N-methyl/N-ethyl adjacent to an activating group) is 2. The second kappa shape index (κ2) is 23.2. The van der Waals surface area contributed by atoms with E-state index < -0.39 is 48.3 Å². The van der Waals surface area contributed by atoms with Gasteiger partial charge in [-0.05, 0) is 49.0 Å². The lowest BCUT2D eigenvalue weighted by Gasteiger charge is -2.41. The molecular weight excluding hydrogens is 714 g/mol. The Kier molecular flexibility index (Phi) is 20.2. The van der Waals surface area contributed by atoms with Crippen LogP contribution in [0.4, 0.5) is 4.79 Å². The van der Waals surface area contributed by atoms with Crippen molar-refractivity contribution in [2.75, 3.05) is 41.5 Å². The number of likely N-dealkylation sites (tertiary alicyclic amines) is 1. The number of aliphatic hydroxyl groups is 1. The highest BCUT2D eigenvalue weighted by Crippen LogP contribution is 2.33. The van der Waals surface area contributed by atoms with E-state index in [-0.39, 0.29) is 79.0 Å². The van der Waals surface area contributed by atoms with Crippen LogP contribution in [0.3, 0.4) is 0 Å². The van der Waals surface area contributed by atoms with Crippen molar-refractivity contribution in [1.82, 2.24) is 14.7 Å². The molecule has 10 atom stereocenters. The van der Waals surface area contributed by atoms with Crippen LogP contribution in [0.5, 0.6) is 0 Å². The minimum Gasteiger partial charge on any atom is -0.450 e. The van der Waals surface area contributed by atoms with E-state index in [1.165, 1.54) is 4.90 Å². The third-order valence-corrected chi connectivity index (χ3v) is 12.0. The molecule has 56 heavy (non-hydrogen) atoms. The van der Waals surface area contributed by atoms with Crippen LogP contribution in [0, 0.1) is 35.5 Å². The van der Waals surface area contributed by atoms with Crippen molar-refractivity contribution in [2.45, 2.75) is 137 Å². The molecule has 12 heteroatoms. The monoisotopic (exact) mass is 788 g/mol. The second-order valence-corrected chi connectivity index (χ2v) is 16.6. The molecule has 1 aliphatic heterocycles. The van der Waals surface area contributed by atoms with E-state index in [1.807, 2.05) is 90.6 Å². The van der Waals surface area contributed by atoms with E-state index in [0.29, 0.717) is 13.0 Å². The number of ether oxygens (including phenoxy) is 3. The van der Waals surface area contributed by atoms with E-state index in [1.54, 1.807) is 40.1 Å². The van der Waals surface area contributed by atoms with Gasteiger partial charge < -0.3 is 34.0 Å². The number of aliphatic hydroxyl groups excluding tert-OH is 1. The number of carbonyl (C=O) groups is 5. The molecule has 0 aliphatic carbocycles. The fourth-order valence-corrected chi connectivity index (χ4v) is 8.51. The average Bonchev–Trinajstić information content (AvgIpc) is 3.65. The topological polar surface area (TPSA) is 143 Å². The minimum absolute atomic E-state index is 0.0176. The van der Waals surface area contributed by atoms with Crippen LogP contribution in [0.1, 0.15) is 113 Å². The summed E-state index contributed by atoms with van der Waals surface area (Å²) in [4.78, 5) is 73.5. The van der Waals surface area contributed by atoms with Crippen LogP contribution in [-0.4, -0.2) is 121 Å². The summed E-state index contributed by atoms with van der Waals surface area (Å²) in [6.45, 7) is 17.7. The zero-order valence-electron chi connectivity index (χ0n) is 36.5. The van der Waals surface area contributed by atoms with Crippen LogP contribution in [0.25, 0.3) is 0 Å². The molecule has 0 aromatic heterocycles. The van der Waals surface area contributed by atoms with Gasteiger partial charge in [0.05, 0.1) is 49.5 Å². The lowest BCUT2D eigenvalue weighted by molar-refractivity contribution is -0.149. The highest BCUT2D eigenvalue weighted by atomic mass is 16.6. The maximum Gasteiger partial charge on any atom is 0.410 e. The molecule has 0 unspecified atom stereocenters. The Balaban J connectivity index is 2.28. The first-order chi connectivity index (χ1) is 26.4. The molecule has 1 saturated heterocycles. The fourth-order valence-electron chi connectivity index (χ4n) is 8.51. The van der Waals surface area contributed by atoms with Gasteiger partial charge in [-0.2, -0.15) is 0 Å². The van der Waals surface area contributed by atoms with Crippen LogP contribution in [0.2, 0.25) is 0 Å². The number of hydrogen-bond donors (Lipinski definition) is 1. The smallest absolute Gasteiger partial charge is 0.410 e. The van der Waals surface area contributed by atoms with Crippen LogP contribution >= 0.6 is 0 Å². The SMILES string of the molecule is CCOC(=O)N(C)[C@H](C(=O)C[C@H](C(=O)N(C)[C@@H]([C@@H](C)CC)[C@@H](CC(=O)N1CCC[C@H]1[C@H](OC)[C@@H](C)C(=O)C[C@H](C)[C@H](O)c1ccccc1)OC)C(C)C)C(C)C. The number of hydrogen-bond acceptors (Lipinski definition) is 9. The third-order valence-electron chi connectivity index (χ3n) is 12.0. The van der Waals surface area contributed by atoms with E-state index in [4.69, 9.17) is 14.2 Å². The zero-order valence-corrected chi connectivity index (χ0v) is 36.5. The number of nitrogens with zero attached hydrogens (tertiary/aromatic N) is 3. The van der Waals surface area contributed by atoms with Gasteiger partial charge in [-0.15, -0.1) is 0 Å². The standard InChI is InChI=1S/C44H73N3O9/c1-14-29(7)40(45(10)43(52)33(27(3)4)25-36(49)39(28(5)6)46(11)44(53)56-15-2)37(54-12)26-38(50)47-23-19-22-34(47)42(55-13)31(9)35(48)24-30(8)41(51)32-20-17-16-18-21-32/h16-18,20-21,27-31,33-34,37,39-42,51H,14-15,19,22-26H2,1-13H3/t29-,30-,31-,33-,34-,37+,39-,40-,41-,42+/m0/s1. The first kappa shape index (κ1) is 48.8. The first-order valence-electron chi connectivity index (χ1n) is 20.7. The minimum atomic E-state index is -0.779. The molecule has 1 fully saturated rings. The number of benzene rings is 1. The van der Waals surface area contributed by atoms with Gasteiger partial charge in [-0.3, -0.25) is 19.2 Å². The lowest BCUT2D eigenvalue weighted by Crippen LogP contribution is -2.54. The van der Waals surface area contributed by atoms with E-state index in [2.05, 4.69) is 0 Å². The predicted octanol–water partition coefficient (Wildman–Crippen LogP) is 6.58. The van der Waals surface area contributed by atoms with E-state index in [9.17, 15) is 29.1 Å². The van der Waals surface area contributed by atoms with Crippen molar-refractivity contribution in [2.24, 2.45) is 35.5 Å². The van der Waals surface area contributed by atoms with E-state index >= 15 is 0 Å². The Morgan fingerprint density at radius 2 is 1.45 bits per heavy atom. The second-order valence-electron chi connectivity index (χ2n) is 16.6. The van der Waals surface area contributed by atoms with Gasteiger partial charge in [0.2, 0.25) is 11.8 Å². The summed E-state index contributed by atoms with van der Waals surface area (Å²) in [5.41, 5.74) is 0.763. The van der Waals surface area contributed by atoms with E-state index in [0.717, 1.165) is 18.4 Å². The summed E-state index contributed by atoms with van der Waals surface area (Å²) in [6.07, 6.45) is -0.240. The lowest BCUT2D eigenvalue weighted by atomic mass is 9.83. The molecule has 0 saturated carbocycles. The highest BCUT2D eigenvalue weighted by molar-refractivity contribution is 5.92. The summed E-state index contributed by atoms with van der Waals surface area (Å²) >= 11 is 0. The first-order valence-corrected chi connectivity index (χ1v) is 20.7. The van der Waals surface area contributed by atoms with Crippen molar-refractivity contribution in [3.63, 3.8) is 0 Å². The van der Waals surface area contributed by atoms with Crippen molar-refractivity contribution in [1.29, 1.82) is 0 Å². The van der Waals surface area contributed by atoms with Crippen molar-refractivity contribution in [3.8, 4) is 0 Å². The molecule has 2 rings (SSSR count). The van der Waals surface area contributed by atoms with Crippen molar-refractivity contribution >= 4 is 29.5 Å². The van der Waals surface area contributed by atoms with Gasteiger partial charge in [-0.1, -0.05) is 92.1 Å². The zero-order chi connectivity index (χ0) is 42.4. The molecule has 1 aromatic carbocycles. The molecule has 318 valence electrons. The largest absolute Gasteiger partial charge is 0.450 e. The molecule has 0 spiro atoms. The molecule has 12 nitrogen and oxygen atoms in total. The molecule has 0 bridgehead atoms. The molecule has 1 aromatic rings. The van der Waals surface area contributed by atoms with Crippen molar-refractivity contribution < 1.29 is 43.3 Å². The molecule has 1 heterocycles. The van der Waals surface area contributed by atoms with Gasteiger partial charge in [0.15, 0.2) is 5.78 Å². The quantitative estimate of drug-likeness (QED) is 0.130. The van der Waals surface area contributed by atoms with Gasteiger partial charge >= 0.3 is 6.09 Å². The Morgan fingerprint density at radius 1 is 0.821 bits per heavy atom. The van der Waals surface area contributed by atoms with Crippen molar-refractivity contribution in [3.05, 3.63) is 35.9 Å². The molecule has 0 radical (unpaired) electrons. The number of carbonyl (C=O) groups excluding carboxylic acids is 5. The van der Waals surface area contributed by atoms with Gasteiger partial charge in [0, 0.05) is 59.5 Å². The molecule has 3 amide bonds. The number of amides is 3. The highest BCUT2D eigenvalue weighted by Gasteiger charge is 2.43. The maximum atomic E-state index is 14.4. The van der Waals surface area contributed by atoms with Crippen LogP contribution in [0.15, 0.2) is 30.3 Å². The summed E-state index contributed by atoms with van der Waals surface area (Å²) < 4.78 is 17.2. The predicted molar refractivity (Wildman–Crippen MR) is 218 cm³/mol. The number of ketones is 2. The molecular formula is C44H73N3O9. The normalized spacial score (nSPS) is 19.4. The average molecular weight is 788 g/mol. The van der Waals surface area contributed by atoms with Gasteiger partial charge in [0.25, 0.3) is 0 Å². The fraction of sp³-hybridized carbons (Fsp3) is 0.750. The summed E-state index contributed by atoms with van der Waals surface area (Å²) in [7, 11) is 6.40.